The van der Waals surface area contributed by atoms with Gasteiger partial charge in [-0.1, -0.05) is 0 Å². The molecular weight excluding hydrogens is 262 g/mol. The van der Waals surface area contributed by atoms with Gasteiger partial charge in [0.2, 0.25) is 0 Å². The van der Waals surface area contributed by atoms with Crippen molar-refractivity contribution >= 4 is 12.1 Å². The average molecular weight is 283 g/mol. The molecule has 0 bridgehead atoms. The molecule has 2 N–H and O–H groups in total. The van der Waals surface area contributed by atoms with Gasteiger partial charge < -0.3 is 19.7 Å². The minimum Gasteiger partial charge on any atom is -0.480 e. The predicted octanol–water partition coefficient (Wildman–Crippen LogP) is 1.42. The van der Waals surface area contributed by atoms with Crippen LogP contribution >= 0.6 is 0 Å². The van der Waals surface area contributed by atoms with Gasteiger partial charge in [0.1, 0.15) is 11.6 Å². The van der Waals surface area contributed by atoms with Crippen LogP contribution in [0.3, 0.4) is 0 Å². The number of carboxylic acid groups (broad SMARTS) is 1. The van der Waals surface area contributed by atoms with E-state index in [1.54, 1.807) is 33.3 Å². The van der Waals surface area contributed by atoms with Gasteiger partial charge in [0.15, 0.2) is 0 Å². The number of carbonyl (C=O) groups excluding carboxylic acids is 1. The third kappa shape index (κ3) is 4.91. The van der Waals surface area contributed by atoms with E-state index in [-0.39, 0.29) is 6.42 Å². The molecule has 7 heteroatoms. The summed E-state index contributed by atoms with van der Waals surface area (Å²) in [6.45, 7) is 7.77. The zero-order chi connectivity index (χ0) is 15.3. The van der Waals surface area contributed by atoms with Crippen molar-refractivity contribution < 1.29 is 19.4 Å². The van der Waals surface area contributed by atoms with Crippen LogP contribution in [0.4, 0.5) is 4.79 Å². The molecule has 0 spiro atoms. The first-order valence-electron chi connectivity index (χ1n) is 6.44. The molecule has 0 saturated heterocycles. The molecule has 0 radical (unpaired) electrons. The number of aryl methyl sites for hydroxylation is 1. The Morgan fingerprint density at radius 2 is 2.15 bits per heavy atom. The SMILES string of the molecule is CCn1cncc1CC(NC(=O)OC(C)(C)C)C(=O)O. The van der Waals surface area contributed by atoms with Gasteiger partial charge in [-0.05, 0) is 27.7 Å². The molecule has 1 rings (SSSR count). The Morgan fingerprint density at radius 1 is 1.50 bits per heavy atom. The second-order valence-corrected chi connectivity index (χ2v) is 5.41. The summed E-state index contributed by atoms with van der Waals surface area (Å²) in [5.74, 6) is -1.11. The molecule has 0 saturated carbocycles. The van der Waals surface area contributed by atoms with Gasteiger partial charge >= 0.3 is 12.1 Å². The average Bonchev–Trinajstić information content (AvgIpc) is 2.72. The Balaban J connectivity index is 2.71. The molecular formula is C13H21N3O4. The van der Waals surface area contributed by atoms with Crippen molar-refractivity contribution in [2.24, 2.45) is 0 Å². The Morgan fingerprint density at radius 3 is 2.65 bits per heavy atom. The molecule has 1 heterocycles. The summed E-state index contributed by atoms with van der Waals surface area (Å²) >= 11 is 0. The lowest BCUT2D eigenvalue weighted by molar-refractivity contribution is -0.139. The molecule has 0 aliphatic carbocycles. The number of imidazole rings is 1. The molecule has 1 aromatic heterocycles. The smallest absolute Gasteiger partial charge is 0.408 e. The molecule has 0 fully saturated rings. The highest BCUT2D eigenvalue weighted by molar-refractivity contribution is 5.80. The summed E-state index contributed by atoms with van der Waals surface area (Å²) < 4.78 is 6.88. The second kappa shape index (κ2) is 6.40. The molecule has 112 valence electrons. The molecule has 1 atom stereocenters. The van der Waals surface area contributed by atoms with Crippen molar-refractivity contribution in [3.05, 3.63) is 18.2 Å². The largest absolute Gasteiger partial charge is 0.480 e. The fourth-order valence-electron chi connectivity index (χ4n) is 1.66. The van der Waals surface area contributed by atoms with E-state index in [1.165, 1.54) is 0 Å². The molecule has 0 aliphatic heterocycles. The van der Waals surface area contributed by atoms with Gasteiger partial charge in [-0.25, -0.2) is 14.6 Å². The number of ether oxygens (including phenoxy) is 1. The lowest BCUT2D eigenvalue weighted by Gasteiger charge is -2.22. The van der Waals surface area contributed by atoms with Gasteiger partial charge in [0.05, 0.1) is 6.33 Å². The van der Waals surface area contributed by atoms with Crippen molar-refractivity contribution in [1.82, 2.24) is 14.9 Å². The van der Waals surface area contributed by atoms with E-state index in [9.17, 15) is 14.7 Å². The molecule has 1 aromatic rings. The normalized spacial score (nSPS) is 12.8. The first-order valence-corrected chi connectivity index (χ1v) is 6.44. The molecule has 7 nitrogen and oxygen atoms in total. The lowest BCUT2D eigenvalue weighted by Crippen LogP contribution is -2.45. The Bertz CT molecular complexity index is 476. The summed E-state index contributed by atoms with van der Waals surface area (Å²) in [4.78, 5) is 26.8. The van der Waals surface area contributed by atoms with E-state index >= 15 is 0 Å². The standard InChI is InChI=1S/C13H21N3O4/c1-5-16-8-14-7-9(16)6-10(11(17)18)15-12(19)20-13(2,3)4/h7-8,10H,5-6H2,1-4H3,(H,15,19)(H,17,18). The summed E-state index contributed by atoms with van der Waals surface area (Å²) in [6.07, 6.45) is 2.63. The Kier molecular flexibility index (Phi) is 5.12. The Labute approximate surface area is 118 Å². The lowest BCUT2D eigenvalue weighted by atomic mass is 10.1. The fourth-order valence-corrected chi connectivity index (χ4v) is 1.66. The first kappa shape index (κ1) is 16.0. The fraction of sp³-hybridized carbons (Fsp3) is 0.615. The monoisotopic (exact) mass is 283 g/mol. The van der Waals surface area contributed by atoms with Crippen LogP contribution in [0.15, 0.2) is 12.5 Å². The topological polar surface area (TPSA) is 93.5 Å². The van der Waals surface area contributed by atoms with E-state index in [0.29, 0.717) is 6.54 Å². The van der Waals surface area contributed by atoms with Crippen molar-refractivity contribution in [2.45, 2.75) is 52.3 Å². The van der Waals surface area contributed by atoms with Crippen molar-refractivity contribution in [3.63, 3.8) is 0 Å². The van der Waals surface area contributed by atoms with Gasteiger partial charge in [0, 0.05) is 24.9 Å². The van der Waals surface area contributed by atoms with Crippen LogP contribution < -0.4 is 5.32 Å². The van der Waals surface area contributed by atoms with E-state index in [1.807, 2.05) is 11.5 Å². The number of aromatic nitrogens is 2. The number of hydrogen-bond donors (Lipinski definition) is 2. The number of carboxylic acids is 1. The molecule has 20 heavy (non-hydrogen) atoms. The number of amides is 1. The van der Waals surface area contributed by atoms with Crippen LogP contribution in [-0.4, -0.2) is 38.4 Å². The van der Waals surface area contributed by atoms with Crippen LogP contribution in [0, 0.1) is 0 Å². The third-order valence-electron chi connectivity index (χ3n) is 2.54. The maximum atomic E-state index is 11.6. The highest BCUT2D eigenvalue weighted by Crippen LogP contribution is 2.08. The van der Waals surface area contributed by atoms with E-state index in [0.717, 1.165) is 5.69 Å². The quantitative estimate of drug-likeness (QED) is 0.852. The van der Waals surface area contributed by atoms with Crippen LogP contribution in [0.25, 0.3) is 0 Å². The first-order chi connectivity index (χ1) is 9.23. The van der Waals surface area contributed by atoms with Crippen LogP contribution in [0.2, 0.25) is 0 Å². The van der Waals surface area contributed by atoms with Crippen LogP contribution in [-0.2, 0) is 22.5 Å². The molecule has 1 amide bonds. The van der Waals surface area contributed by atoms with Crippen LogP contribution in [0.1, 0.15) is 33.4 Å². The van der Waals surface area contributed by atoms with E-state index < -0.39 is 23.7 Å². The number of carbonyl (C=O) groups is 2. The van der Waals surface area contributed by atoms with Gasteiger partial charge in [-0.2, -0.15) is 0 Å². The maximum absolute atomic E-state index is 11.6. The van der Waals surface area contributed by atoms with Gasteiger partial charge in [-0.15, -0.1) is 0 Å². The minimum absolute atomic E-state index is 0.155. The number of nitrogens with zero attached hydrogens (tertiary/aromatic N) is 2. The van der Waals surface area contributed by atoms with Crippen molar-refractivity contribution in [2.75, 3.05) is 0 Å². The molecule has 0 aliphatic rings. The van der Waals surface area contributed by atoms with Gasteiger partial charge in [-0.3, -0.25) is 0 Å². The summed E-state index contributed by atoms with van der Waals surface area (Å²) in [5.41, 5.74) is 0.0779. The summed E-state index contributed by atoms with van der Waals surface area (Å²) in [6, 6.07) is -1.05. The number of hydrogen-bond acceptors (Lipinski definition) is 4. The zero-order valence-corrected chi connectivity index (χ0v) is 12.2. The van der Waals surface area contributed by atoms with Crippen molar-refractivity contribution in [1.29, 1.82) is 0 Å². The highest BCUT2D eigenvalue weighted by atomic mass is 16.6. The van der Waals surface area contributed by atoms with Crippen molar-refractivity contribution in [3.8, 4) is 0 Å². The third-order valence-corrected chi connectivity index (χ3v) is 2.54. The summed E-state index contributed by atoms with van der Waals surface area (Å²) in [5, 5.41) is 11.5. The minimum atomic E-state index is -1.11. The van der Waals surface area contributed by atoms with Gasteiger partial charge in [0.25, 0.3) is 0 Å². The highest BCUT2D eigenvalue weighted by Gasteiger charge is 2.25. The Hall–Kier alpha value is -2.05. The maximum Gasteiger partial charge on any atom is 0.408 e. The molecule has 1 unspecified atom stereocenters. The number of rotatable bonds is 5. The van der Waals surface area contributed by atoms with E-state index in [4.69, 9.17) is 4.74 Å². The van der Waals surface area contributed by atoms with E-state index in [2.05, 4.69) is 10.3 Å². The second-order valence-electron chi connectivity index (χ2n) is 5.41. The number of nitrogens with one attached hydrogen (secondary N) is 1. The predicted molar refractivity (Wildman–Crippen MR) is 72.4 cm³/mol. The summed E-state index contributed by atoms with van der Waals surface area (Å²) in [7, 11) is 0. The zero-order valence-electron chi connectivity index (χ0n) is 12.2. The van der Waals surface area contributed by atoms with Crippen LogP contribution in [0.5, 0.6) is 0 Å². The molecule has 0 aromatic carbocycles. The number of aliphatic carboxylic acids is 1. The number of alkyl carbamates (subject to hydrolysis) is 1.